The smallest absolute Gasteiger partial charge is 0.320 e. The number of amides is 1. The van der Waals surface area contributed by atoms with Crippen LogP contribution in [0.5, 0.6) is 0 Å². The van der Waals surface area contributed by atoms with Gasteiger partial charge in [0.25, 0.3) is 0 Å². The van der Waals surface area contributed by atoms with Crippen LogP contribution in [0.4, 0.5) is 0 Å². The number of thioether (sulfide) groups is 1. The Morgan fingerprint density at radius 3 is 2.50 bits per heavy atom. The molecule has 12 heavy (non-hydrogen) atoms. The van der Waals surface area contributed by atoms with Crippen molar-refractivity contribution in [2.24, 2.45) is 11.5 Å². The zero-order valence-corrected chi connectivity index (χ0v) is 7.34. The number of carbonyl (C=O) groups is 2. The second kappa shape index (κ2) is 5.84. The number of primary amides is 1. The van der Waals surface area contributed by atoms with Gasteiger partial charge in [0.05, 0.1) is 5.75 Å². The van der Waals surface area contributed by atoms with Crippen LogP contribution in [-0.2, 0) is 9.59 Å². The molecular weight excluding hydrogens is 180 g/mol. The van der Waals surface area contributed by atoms with Crippen LogP contribution in [0, 0.1) is 0 Å². The number of carboxylic acid groups (broad SMARTS) is 1. The molecule has 0 aromatic rings. The Balaban J connectivity index is 3.31. The molecule has 0 rings (SSSR count). The zero-order valence-electron chi connectivity index (χ0n) is 6.53. The largest absolute Gasteiger partial charge is 0.480 e. The molecule has 70 valence electrons. The maximum absolute atomic E-state index is 10.2. The monoisotopic (exact) mass is 192 g/mol. The fourth-order valence-electron chi connectivity index (χ4n) is 0.507. The number of rotatable bonds is 6. The van der Waals surface area contributed by atoms with E-state index in [1.54, 1.807) is 0 Å². The minimum atomic E-state index is -1.02. The van der Waals surface area contributed by atoms with E-state index in [2.05, 4.69) is 0 Å². The first-order valence-corrected chi connectivity index (χ1v) is 4.54. The van der Waals surface area contributed by atoms with Crippen molar-refractivity contribution in [1.82, 2.24) is 0 Å². The molecule has 0 aliphatic carbocycles. The predicted octanol–water partition coefficient (Wildman–Crippen LogP) is -0.993. The van der Waals surface area contributed by atoms with Gasteiger partial charge < -0.3 is 16.6 Å². The van der Waals surface area contributed by atoms with E-state index in [1.807, 2.05) is 0 Å². The molecule has 0 aromatic heterocycles. The molecule has 0 bridgehead atoms. The van der Waals surface area contributed by atoms with E-state index in [0.717, 1.165) is 0 Å². The molecule has 0 radical (unpaired) electrons. The summed E-state index contributed by atoms with van der Waals surface area (Å²) in [6.45, 7) is 0. The Morgan fingerprint density at radius 2 is 2.08 bits per heavy atom. The third-order valence-corrected chi connectivity index (χ3v) is 2.15. The van der Waals surface area contributed by atoms with Gasteiger partial charge in [-0.1, -0.05) is 0 Å². The molecule has 0 saturated carbocycles. The maximum Gasteiger partial charge on any atom is 0.320 e. The first kappa shape index (κ1) is 11.2. The molecule has 0 saturated heterocycles. The second-order valence-corrected chi connectivity index (χ2v) is 3.36. The van der Waals surface area contributed by atoms with Gasteiger partial charge in [0.2, 0.25) is 5.91 Å². The highest BCUT2D eigenvalue weighted by Gasteiger charge is 2.10. The number of aliphatic carboxylic acids is 1. The summed E-state index contributed by atoms with van der Waals surface area (Å²) in [6, 6.07) is -0.842. The summed E-state index contributed by atoms with van der Waals surface area (Å²) in [4.78, 5) is 20.4. The Hall–Kier alpha value is -0.750. The zero-order chi connectivity index (χ0) is 9.56. The second-order valence-electron chi connectivity index (χ2n) is 2.25. The normalized spacial score (nSPS) is 12.4. The van der Waals surface area contributed by atoms with Gasteiger partial charge in [-0.15, -0.1) is 0 Å². The predicted molar refractivity (Wildman–Crippen MR) is 46.7 cm³/mol. The number of hydrogen-bond donors (Lipinski definition) is 3. The number of nitrogens with two attached hydrogens (primary N) is 2. The van der Waals surface area contributed by atoms with E-state index < -0.39 is 17.9 Å². The van der Waals surface area contributed by atoms with Crippen molar-refractivity contribution >= 4 is 23.6 Å². The Labute approximate surface area is 74.5 Å². The highest BCUT2D eigenvalue weighted by Crippen LogP contribution is 2.02. The van der Waals surface area contributed by atoms with Crippen LogP contribution >= 0.6 is 11.8 Å². The number of hydrogen-bond acceptors (Lipinski definition) is 4. The van der Waals surface area contributed by atoms with Gasteiger partial charge in [-0.3, -0.25) is 9.59 Å². The van der Waals surface area contributed by atoms with Crippen molar-refractivity contribution in [3.8, 4) is 0 Å². The molecular formula is C6H12N2O3S. The summed E-state index contributed by atoms with van der Waals surface area (Å²) in [6.07, 6.45) is 0.354. The van der Waals surface area contributed by atoms with Crippen molar-refractivity contribution in [3.05, 3.63) is 0 Å². The molecule has 1 amide bonds. The SMILES string of the molecule is NC(=O)CSCC[C@H](N)C(=O)O. The van der Waals surface area contributed by atoms with Crippen LogP contribution in [0.1, 0.15) is 6.42 Å². The average molecular weight is 192 g/mol. The molecule has 0 heterocycles. The topological polar surface area (TPSA) is 106 Å². The number of carbonyl (C=O) groups excluding carboxylic acids is 1. The van der Waals surface area contributed by atoms with Gasteiger partial charge in [0.1, 0.15) is 6.04 Å². The molecule has 1 atom stereocenters. The standard InChI is InChI=1S/C6H12N2O3S/c7-4(6(10)11)1-2-12-3-5(8)9/h4H,1-3,7H2,(H2,8,9)(H,10,11)/t4-/m0/s1. The molecule has 0 unspecified atom stereocenters. The Kier molecular flexibility index (Phi) is 5.48. The van der Waals surface area contributed by atoms with Crippen LogP contribution in [0.3, 0.4) is 0 Å². The summed E-state index contributed by atoms with van der Waals surface area (Å²) >= 11 is 1.29. The van der Waals surface area contributed by atoms with E-state index in [4.69, 9.17) is 16.6 Å². The van der Waals surface area contributed by atoms with Gasteiger partial charge in [0, 0.05) is 0 Å². The third kappa shape index (κ3) is 5.99. The van der Waals surface area contributed by atoms with Crippen molar-refractivity contribution in [2.75, 3.05) is 11.5 Å². The van der Waals surface area contributed by atoms with Crippen LogP contribution in [0.25, 0.3) is 0 Å². The van der Waals surface area contributed by atoms with Gasteiger partial charge >= 0.3 is 5.97 Å². The van der Waals surface area contributed by atoms with E-state index in [9.17, 15) is 9.59 Å². The molecule has 5 N–H and O–H groups in total. The molecule has 0 aromatic carbocycles. The van der Waals surface area contributed by atoms with Crippen LogP contribution in [0.2, 0.25) is 0 Å². The first-order chi connectivity index (χ1) is 5.54. The van der Waals surface area contributed by atoms with Crippen molar-refractivity contribution in [1.29, 1.82) is 0 Å². The fraction of sp³-hybridized carbons (Fsp3) is 0.667. The van der Waals surface area contributed by atoms with Gasteiger partial charge in [-0.2, -0.15) is 11.8 Å². The summed E-state index contributed by atoms with van der Waals surface area (Å²) in [5.74, 6) is -0.665. The van der Waals surface area contributed by atoms with Gasteiger partial charge in [0.15, 0.2) is 0 Å². The lowest BCUT2D eigenvalue weighted by atomic mass is 10.2. The van der Waals surface area contributed by atoms with E-state index in [1.165, 1.54) is 11.8 Å². The quantitative estimate of drug-likeness (QED) is 0.468. The van der Waals surface area contributed by atoms with E-state index in [0.29, 0.717) is 12.2 Å². The van der Waals surface area contributed by atoms with Gasteiger partial charge in [-0.25, -0.2) is 0 Å². The van der Waals surface area contributed by atoms with Crippen LogP contribution in [-0.4, -0.2) is 34.5 Å². The van der Waals surface area contributed by atoms with E-state index in [-0.39, 0.29) is 5.75 Å². The van der Waals surface area contributed by atoms with Crippen molar-refractivity contribution < 1.29 is 14.7 Å². The maximum atomic E-state index is 10.2. The Bertz CT molecular complexity index is 174. The van der Waals surface area contributed by atoms with Crippen molar-refractivity contribution in [2.45, 2.75) is 12.5 Å². The summed E-state index contributed by atoms with van der Waals surface area (Å²) in [5, 5.41) is 8.36. The molecule has 6 heteroatoms. The summed E-state index contributed by atoms with van der Waals surface area (Å²) in [7, 11) is 0. The van der Waals surface area contributed by atoms with E-state index >= 15 is 0 Å². The lowest BCUT2D eigenvalue weighted by molar-refractivity contribution is -0.138. The highest BCUT2D eigenvalue weighted by molar-refractivity contribution is 7.99. The highest BCUT2D eigenvalue weighted by atomic mass is 32.2. The first-order valence-electron chi connectivity index (χ1n) is 3.38. The average Bonchev–Trinajstić information content (AvgIpc) is 1.97. The number of carboxylic acids is 1. The molecule has 0 aliphatic heterocycles. The minimum Gasteiger partial charge on any atom is -0.480 e. The summed E-state index contributed by atoms with van der Waals surface area (Å²) < 4.78 is 0. The molecule has 0 fully saturated rings. The molecule has 0 spiro atoms. The minimum absolute atomic E-state index is 0.215. The lowest BCUT2D eigenvalue weighted by Gasteiger charge is -2.03. The fourth-order valence-corrected chi connectivity index (χ4v) is 1.27. The van der Waals surface area contributed by atoms with Crippen LogP contribution < -0.4 is 11.5 Å². The molecule has 5 nitrogen and oxygen atoms in total. The molecule has 0 aliphatic rings. The van der Waals surface area contributed by atoms with Crippen LogP contribution in [0.15, 0.2) is 0 Å². The Morgan fingerprint density at radius 1 is 1.50 bits per heavy atom. The summed E-state index contributed by atoms with van der Waals surface area (Å²) in [5.41, 5.74) is 10.1. The van der Waals surface area contributed by atoms with Crippen molar-refractivity contribution in [3.63, 3.8) is 0 Å². The third-order valence-electron chi connectivity index (χ3n) is 1.13. The van der Waals surface area contributed by atoms with Gasteiger partial charge in [-0.05, 0) is 12.2 Å². The lowest BCUT2D eigenvalue weighted by Crippen LogP contribution is -2.30.